The maximum atomic E-state index is 11.1. The van der Waals surface area contributed by atoms with Gasteiger partial charge in [0.15, 0.2) is 0 Å². The van der Waals surface area contributed by atoms with Crippen LogP contribution in [-0.2, 0) is 6.54 Å². The van der Waals surface area contributed by atoms with E-state index in [-0.39, 0.29) is 12.1 Å². The number of nitrogens with zero attached hydrogens (tertiary/aromatic N) is 3. The van der Waals surface area contributed by atoms with Gasteiger partial charge in [0.1, 0.15) is 11.4 Å². The molecule has 0 atom stereocenters. The van der Waals surface area contributed by atoms with Crippen LogP contribution in [0, 0.1) is 0 Å². The minimum absolute atomic E-state index is 0.203. The summed E-state index contributed by atoms with van der Waals surface area (Å²) >= 11 is 1.56. The average Bonchev–Trinajstić information content (AvgIpc) is 3.15. The lowest BCUT2D eigenvalue weighted by Crippen LogP contribution is -2.03. The van der Waals surface area contributed by atoms with Gasteiger partial charge < -0.3 is 10.8 Å². The Hall–Kier alpha value is -2.51. The Kier molecular flexibility index (Phi) is 3.51. The van der Waals surface area contributed by atoms with Crippen LogP contribution in [0.5, 0.6) is 0 Å². The molecule has 0 spiro atoms. The molecule has 0 aliphatic carbocycles. The first-order chi connectivity index (χ1) is 10.2. The van der Waals surface area contributed by atoms with Gasteiger partial charge in [-0.25, -0.2) is 9.48 Å². The van der Waals surface area contributed by atoms with Gasteiger partial charge in [0.25, 0.3) is 0 Å². The topological polar surface area (TPSA) is 94.0 Å². The first-order valence-electron chi connectivity index (χ1n) is 6.23. The molecule has 1 aromatic carbocycles. The zero-order chi connectivity index (χ0) is 14.8. The fraction of sp³-hybridized carbons (Fsp3) is 0.0714. The van der Waals surface area contributed by atoms with Crippen LogP contribution in [0.3, 0.4) is 0 Å². The van der Waals surface area contributed by atoms with Gasteiger partial charge in [-0.15, -0.1) is 16.4 Å². The Morgan fingerprint density at radius 3 is 2.86 bits per heavy atom. The molecule has 0 aliphatic rings. The van der Waals surface area contributed by atoms with Crippen LogP contribution < -0.4 is 5.73 Å². The number of carboxylic acids is 1. The number of carboxylic acid groups (broad SMARTS) is 1. The summed E-state index contributed by atoms with van der Waals surface area (Å²) in [6.07, 6.45) is 0. The maximum absolute atomic E-state index is 11.1. The molecular weight excluding hydrogens is 288 g/mol. The number of aromatic nitrogens is 3. The van der Waals surface area contributed by atoms with Crippen LogP contribution in [0.4, 0.5) is 0 Å². The molecule has 6 nitrogen and oxygen atoms in total. The molecule has 3 N–H and O–H groups in total. The lowest BCUT2D eigenvalue weighted by atomic mass is 10.2. The Labute approximate surface area is 124 Å². The van der Waals surface area contributed by atoms with E-state index in [1.54, 1.807) is 34.2 Å². The Bertz CT molecular complexity index is 780. The second kappa shape index (κ2) is 5.47. The van der Waals surface area contributed by atoms with E-state index in [4.69, 9.17) is 10.8 Å². The number of aromatic carboxylic acids is 1. The number of hydrogen-bond acceptors (Lipinski definition) is 5. The van der Waals surface area contributed by atoms with Crippen LogP contribution in [0.25, 0.3) is 16.3 Å². The molecule has 0 aliphatic heterocycles. The molecule has 21 heavy (non-hydrogen) atoms. The van der Waals surface area contributed by atoms with E-state index in [1.807, 2.05) is 17.5 Å². The van der Waals surface area contributed by atoms with E-state index in [0.717, 1.165) is 10.6 Å². The van der Waals surface area contributed by atoms with Crippen molar-refractivity contribution < 1.29 is 9.90 Å². The monoisotopic (exact) mass is 300 g/mol. The summed E-state index contributed by atoms with van der Waals surface area (Å²) in [4.78, 5) is 12.1. The van der Waals surface area contributed by atoms with Crippen molar-refractivity contribution in [3.8, 4) is 16.3 Å². The predicted molar refractivity (Wildman–Crippen MR) is 79.5 cm³/mol. The summed E-state index contributed by atoms with van der Waals surface area (Å²) < 4.78 is 1.63. The molecule has 106 valence electrons. The number of nitrogens with two attached hydrogens (primary N) is 1. The Morgan fingerprint density at radius 2 is 2.19 bits per heavy atom. The molecule has 3 rings (SSSR count). The van der Waals surface area contributed by atoms with Crippen molar-refractivity contribution in [1.82, 2.24) is 15.0 Å². The highest BCUT2D eigenvalue weighted by atomic mass is 32.1. The normalized spacial score (nSPS) is 10.7. The third kappa shape index (κ3) is 2.44. The van der Waals surface area contributed by atoms with Crippen molar-refractivity contribution in [2.45, 2.75) is 6.54 Å². The van der Waals surface area contributed by atoms with Gasteiger partial charge in [-0.2, -0.15) is 0 Å². The van der Waals surface area contributed by atoms with E-state index >= 15 is 0 Å². The van der Waals surface area contributed by atoms with Gasteiger partial charge in [0.2, 0.25) is 0 Å². The second-order valence-electron chi connectivity index (χ2n) is 4.33. The fourth-order valence-corrected chi connectivity index (χ4v) is 2.84. The molecule has 0 radical (unpaired) electrons. The first kappa shape index (κ1) is 13.5. The summed E-state index contributed by atoms with van der Waals surface area (Å²) in [5, 5.41) is 19.3. The van der Waals surface area contributed by atoms with Crippen molar-refractivity contribution in [3.05, 3.63) is 53.0 Å². The third-order valence-corrected chi connectivity index (χ3v) is 3.90. The minimum atomic E-state index is -0.978. The molecule has 2 heterocycles. The number of thiophene rings is 1. The van der Waals surface area contributed by atoms with Crippen molar-refractivity contribution >= 4 is 17.3 Å². The highest BCUT2D eigenvalue weighted by Crippen LogP contribution is 2.29. The van der Waals surface area contributed by atoms with Crippen molar-refractivity contribution in [3.63, 3.8) is 0 Å². The summed E-state index contributed by atoms with van der Waals surface area (Å²) in [6, 6.07) is 10.5. The number of benzene rings is 1. The van der Waals surface area contributed by atoms with E-state index in [0.29, 0.717) is 11.4 Å². The maximum Gasteiger partial charge on any atom is 0.335 e. The number of rotatable bonds is 4. The predicted octanol–water partition coefficient (Wildman–Crippen LogP) is 2.15. The van der Waals surface area contributed by atoms with Crippen LogP contribution in [0.1, 0.15) is 16.1 Å². The fourth-order valence-electron chi connectivity index (χ4n) is 2.06. The molecule has 3 aromatic rings. The van der Waals surface area contributed by atoms with E-state index in [1.165, 1.54) is 6.07 Å². The van der Waals surface area contributed by atoms with Gasteiger partial charge in [-0.3, -0.25) is 0 Å². The SMILES string of the molecule is NCc1nnn(-c2cccc(C(=O)O)c2)c1-c1cccs1. The zero-order valence-electron chi connectivity index (χ0n) is 10.9. The smallest absolute Gasteiger partial charge is 0.335 e. The summed E-state index contributed by atoms with van der Waals surface area (Å²) in [5.74, 6) is -0.978. The van der Waals surface area contributed by atoms with Crippen LogP contribution >= 0.6 is 11.3 Å². The summed E-state index contributed by atoms with van der Waals surface area (Å²) in [5.41, 5.74) is 8.05. The molecule has 0 bridgehead atoms. The molecule has 0 amide bonds. The van der Waals surface area contributed by atoms with Gasteiger partial charge in [-0.1, -0.05) is 17.3 Å². The van der Waals surface area contributed by atoms with E-state index in [9.17, 15) is 4.79 Å². The van der Waals surface area contributed by atoms with Crippen LogP contribution in [-0.4, -0.2) is 26.1 Å². The summed E-state index contributed by atoms with van der Waals surface area (Å²) in [6.45, 7) is 0.270. The molecule has 0 fully saturated rings. The average molecular weight is 300 g/mol. The first-order valence-corrected chi connectivity index (χ1v) is 7.11. The molecule has 0 unspecified atom stereocenters. The lowest BCUT2D eigenvalue weighted by molar-refractivity contribution is 0.0697. The van der Waals surface area contributed by atoms with Crippen molar-refractivity contribution in [2.24, 2.45) is 5.73 Å². The minimum Gasteiger partial charge on any atom is -0.478 e. The zero-order valence-corrected chi connectivity index (χ0v) is 11.7. The molecule has 0 saturated carbocycles. The Balaban J connectivity index is 2.17. The molecular formula is C14H12N4O2S. The quantitative estimate of drug-likeness (QED) is 0.770. The van der Waals surface area contributed by atoms with E-state index < -0.39 is 5.97 Å². The van der Waals surface area contributed by atoms with Crippen molar-refractivity contribution in [2.75, 3.05) is 0 Å². The van der Waals surface area contributed by atoms with Gasteiger partial charge in [0, 0.05) is 6.54 Å². The second-order valence-corrected chi connectivity index (χ2v) is 5.28. The number of carbonyl (C=O) groups is 1. The Morgan fingerprint density at radius 1 is 1.33 bits per heavy atom. The van der Waals surface area contributed by atoms with Crippen LogP contribution in [0.2, 0.25) is 0 Å². The standard InChI is InChI=1S/C14H12N4O2S/c15-8-11-13(12-5-2-6-21-12)18(17-16-11)10-4-1-3-9(7-10)14(19)20/h1-7H,8,15H2,(H,19,20). The largest absolute Gasteiger partial charge is 0.478 e. The number of hydrogen-bond donors (Lipinski definition) is 2. The third-order valence-electron chi connectivity index (χ3n) is 3.03. The van der Waals surface area contributed by atoms with Crippen LogP contribution in [0.15, 0.2) is 41.8 Å². The highest BCUT2D eigenvalue weighted by Gasteiger charge is 2.16. The lowest BCUT2D eigenvalue weighted by Gasteiger charge is -2.07. The highest BCUT2D eigenvalue weighted by molar-refractivity contribution is 7.13. The van der Waals surface area contributed by atoms with E-state index in [2.05, 4.69) is 10.3 Å². The summed E-state index contributed by atoms with van der Waals surface area (Å²) in [7, 11) is 0. The van der Waals surface area contributed by atoms with Gasteiger partial charge in [0.05, 0.1) is 16.1 Å². The molecule has 0 saturated heterocycles. The molecule has 7 heteroatoms. The van der Waals surface area contributed by atoms with Gasteiger partial charge in [-0.05, 0) is 29.6 Å². The van der Waals surface area contributed by atoms with Gasteiger partial charge >= 0.3 is 5.97 Å². The molecule has 2 aromatic heterocycles. The van der Waals surface area contributed by atoms with Crippen molar-refractivity contribution in [1.29, 1.82) is 0 Å².